The van der Waals surface area contributed by atoms with Crippen molar-refractivity contribution in [2.24, 2.45) is 5.73 Å². The number of ether oxygens (including phenoxy) is 1. The van der Waals surface area contributed by atoms with Crippen molar-refractivity contribution < 1.29 is 19.1 Å². The van der Waals surface area contributed by atoms with Gasteiger partial charge in [0, 0.05) is 62.8 Å². The third kappa shape index (κ3) is 7.54. The number of hydrogen-bond acceptors (Lipinski definition) is 7. The number of unbranched alkanes of at least 4 members (excludes halogenated alkanes) is 1. The van der Waals surface area contributed by atoms with E-state index in [1.165, 1.54) is 18.0 Å². The molecule has 4 N–H and O–H groups in total. The van der Waals surface area contributed by atoms with Gasteiger partial charge in [0.1, 0.15) is 12.0 Å². The number of carbonyl (C=O) groups excluding carboxylic acids is 3. The molecule has 1 heterocycles. The van der Waals surface area contributed by atoms with Gasteiger partial charge in [-0.3, -0.25) is 14.6 Å². The summed E-state index contributed by atoms with van der Waals surface area (Å²) in [6.45, 7) is 3.90. The maximum atomic E-state index is 13.2. The third-order valence-electron chi connectivity index (χ3n) is 7.17. The molecule has 0 aliphatic carbocycles. The number of amides is 2. The zero-order chi connectivity index (χ0) is 32.6. The highest BCUT2D eigenvalue weighted by Crippen LogP contribution is 2.37. The molecule has 1 aromatic heterocycles. The Bertz CT molecular complexity index is 2030. The fourth-order valence-corrected chi connectivity index (χ4v) is 5.90. The van der Waals surface area contributed by atoms with E-state index >= 15 is 0 Å². The largest absolute Gasteiger partial charge is 0.497 e. The van der Waals surface area contributed by atoms with E-state index in [0.29, 0.717) is 35.5 Å². The van der Waals surface area contributed by atoms with Gasteiger partial charge in [0.2, 0.25) is 0 Å². The van der Waals surface area contributed by atoms with E-state index in [0.717, 1.165) is 49.4 Å². The number of nitrogens with zero attached hydrogens (tertiary/aromatic N) is 1. The summed E-state index contributed by atoms with van der Waals surface area (Å²) in [7, 11) is 1.59. The van der Waals surface area contributed by atoms with E-state index in [9.17, 15) is 14.4 Å². The minimum Gasteiger partial charge on any atom is -0.497 e. The second-order valence-electron chi connectivity index (χ2n) is 10.5. The molecular weight excluding hydrogens is 596 g/mol. The number of hydrogen-bond donors (Lipinski definition) is 3. The van der Waals surface area contributed by atoms with Gasteiger partial charge in [-0.15, -0.1) is 0 Å². The molecule has 0 fully saturated rings. The molecule has 0 aliphatic heterocycles. The molecule has 9 heteroatoms. The lowest BCUT2D eigenvalue weighted by Gasteiger charge is -2.16. The molecule has 0 bridgehead atoms. The maximum absolute atomic E-state index is 13.2. The third-order valence-corrected chi connectivity index (χ3v) is 8.13. The zero-order valence-electron chi connectivity index (χ0n) is 25.6. The number of aryl methyl sites for hydroxylation is 2. The summed E-state index contributed by atoms with van der Waals surface area (Å²) >= 11 is 1.50. The van der Waals surface area contributed by atoms with Crippen molar-refractivity contribution in [3.63, 3.8) is 0 Å². The van der Waals surface area contributed by atoms with Crippen LogP contribution in [0.1, 0.15) is 50.2 Å². The molecular formula is C37H32N4O4S. The fraction of sp³-hybridized carbons (Fsp3) is 0.135. The molecule has 0 spiro atoms. The van der Waals surface area contributed by atoms with Crippen molar-refractivity contribution in [2.75, 3.05) is 17.7 Å². The van der Waals surface area contributed by atoms with E-state index in [4.69, 9.17) is 10.5 Å². The second-order valence-corrected chi connectivity index (χ2v) is 11.7. The van der Waals surface area contributed by atoms with Crippen LogP contribution in [0.2, 0.25) is 0 Å². The van der Waals surface area contributed by atoms with Gasteiger partial charge >= 0.3 is 0 Å². The number of methoxy groups -OCH3 is 1. The van der Waals surface area contributed by atoms with Crippen LogP contribution in [0.15, 0.2) is 94.9 Å². The predicted molar refractivity (Wildman–Crippen MR) is 183 cm³/mol. The Morgan fingerprint density at radius 3 is 2.54 bits per heavy atom. The lowest BCUT2D eigenvalue weighted by atomic mass is 10.1. The monoisotopic (exact) mass is 628 g/mol. The lowest BCUT2D eigenvalue weighted by molar-refractivity contribution is -0.107. The smallest absolute Gasteiger partial charge is 0.255 e. The summed E-state index contributed by atoms with van der Waals surface area (Å²) < 4.78 is 5.36. The van der Waals surface area contributed by atoms with E-state index < -0.39 is 5.91 Å². The van der Waals surface area contributed by atoms with Crippen molar-refractivity contribution in [3.05, 3.63) is 113 Å². The van der Waals surface area contributed by atoms with Crippen LogP contribution in [-0.4, -0.2) is 30.2 Å². The summed E-state index contributed by atoms with van der Waals surface area (Å²) in [6, 6.07) is 24.4. The number of nitrogens with one attached hydrogen (secondary N) is 2. The number of nitrogens with two attached hydrogens (primary N) is 1. The van der Waals surface area contributed by atoms with Gasteiger partial charge in [-0.1, -0.05) is 35.7 Å². The highest BCUT2D eigenvalue weighted by atomic mass is 32.2. The second kappa shape index (κ2) is 14.5. The molecule has 0 atom stereocenters. The first-order chi connectivity index (χ1) is 22.2. The van der Waals surface area contributed by atoms with E-state index in [1.54, 1.807) is 13.2 Å². The van der Waals surface area contributed by atoms with E-state index in [2.05, 4.69) is 27.5 Å². The van der Waals surface area contributed by atoms with Crippen LogP contribution >= 0.6 is 11.8 Å². The van der Waals surface area contributed by atoms with Gasteiger partial charge in [-0.2, -0.15) is 0 Å². The Kier molecular flexibility index (Phi) is 10.0. The average molecular weight is 629 g/mol. The minimum absolute atomic E-state index is 0.235. The number of carbonyl (C=O) groups is 3. The van der Waals surface area contributed by atoms with Crippen molar-refractivity contribution in [1.29, 1.82) is 0 Å². The van der Waals surface area contributed by atoms with E-state index in [1.807, 2.05) is 86.6 Å². The summed E-state index contributed by atoms with van der Waals surface area (Å²) in [6.07, 6.45) is 3.27. The number of fused-ring (bicyclic) bond motifs is 1. The number of aromatic nitrogens is 1. The van der Waals surface area contributed by atoms with Gasteiger partial charge in [0.15, 0.2) is 0 Å². The first-order valence-corrected chi connectivity index (χ1v) is 15.3. The van der Waals surface area contributed by atoms with Gasteiger partial charge in [-0.05, 0) is 85.6 Å². The first-order valence-electron chi connectivity index (χ1n) is 14.5. The Labute approximate surface area is 271 Å². The summed E-state index contributed by atoms with van der Waals surface area (Å²) in [5, 5.41) is 7.07. The molecule has 5 rings (SSSR count). The summed E-state index contributed by atoms with van der Waals surface area (Å²) in [5.41, 5.74) is 11.9. The highest BCUT2D eigenvalue weighted by Gasteiger charge is 2.17. The van der Waals surface area contributed by atoms with E-state index in [-0.39, 0.29) is 11.5 Å². The summed E-state index contributed by atoms with van der Waals surface area (Å²) in [5.74, 6) is 5.91. The normalized spacial score (nSPS) is 10.5. The molecule has 5 aromatic rings. The average Bonchev–Trinajstić information content (AvgIpc) is 3.04. The molecule has 230 valence electrons. The molecule has 0 radical (unpaired) electrons. The molecule has 0 aliphatic rings. The lowest BCUT2D eigenvalue weighted by Crippen LogP contribution is -2.14. The Hall–Kier alpha value is -5.59. The molecule has 4 aromatic carbocycles. The van der Waals surface area contributed by atoms with Crippen molar-refractivity contribution in [3.8, 4) is 17.6 Å². The molecule has 2 amide bonds. The number of benzene rings is 4. The van der Waals surface area contributed by atoms with Gasteiger partial charge in [0.25, 0.3) is 11.8 Å². The van der Waals surface area contributed by atoms with Crippen molar-refractivity contribution in [1.82, 2.24) is 4.98 Å². The minimum atomic E-state index is -0.596. The molecule has 0 saturated heterocycles. The van der Waals surface area contributed by atoms with Crippen LogP contribution in [0, 0.1) is 25.7 Å². The number of pyridine rings is 1. The Balaban J connectivity index is 1.40. The van der Waals surface area contributed by atoms with Crippen LogP contribution in [0.3, 0.4) is 0 Å². The molecule has 46 heavy (non-hydrogen) atoms. The van der Waals surface area contributed by atoms with Gasteiger partial charge < -0.3 is 25.9 Å². The number of primary amides is 1. The van der Waals surface area contributed by atoms with Gasteiger partial charge in [0.05, 0.1) is 23.9 Å². The quantitative estimate of drug-likeness (QED) is 0.0835. The van der Waals surface area contributed by atoms with Crippen LogP contribution in [-0.2, 0) is 4.79 Å². The van der Waals surface area contributed by atoms with Crippen LogP contribution in [0.5, 0.6) is 5.75 Å². The van der Waals surface area contributed by atoms with Crippen LogP contribution < -0.4 is 21.1 Å². The SMILES string of the molecule is COc1cccc(Nc2c(C(N)=O)cnc3c(C)cc(Sc4cccc(C(=O)Nc5ccc(C#CCCC=O)c(C)c5)c4)cc23)c1. The first kappa shape index (κ1) is 31.8. The zero-order valence-corrected chi connectivity index (χ0v) is 26.5. The number of aldehydes is 1. The molecule has 0 saturated carbocycles. The molecule has 0 unspecified atom stereocenters. The Morgan fingerprint density at radius 1 is 0.957 bits per heavy atom. The maximum Gasteiger partial charge on any atom is 0.255 e. The number of anilines is 3. The van der Waals surface area contributed by atoms with Crippen LogP contribution in [0.25, 0.3) is 10.9 Å². The van der Waals surface area contributed by atoms with Crippen molar-refractivity contribution >= 4 is 57.8 Å². The molecule has 8 nitrogen and oxygen atoms in total. The standard InChI is InChI=1S/C37H32N4O4S/c1-23-17-28(15-14-25(23)9-5-4-6-16-42)41-37(44)26-10-7-13-30(19-26)46-31-18-24(2)34-32(21-31)35(33(22-39-34)36(38)43)40-27-11-8-12-29(20-27)45-3/h7-8,10-22H,4,6H2,1-3H3,(H2,38,43)(H,39,40)(H,41,44). The summed E-state index contributed by atoms with van der Waals surface area (Å²) in [4.78, 5) is 42.5. The topological polar surface area (TPSA) is 123 Å². The fourth-order valence-electron chi connectivity index (χ4n) is 4.88. The number of rotatable bonds is 10. The van der Waals surface area contributed by atoms with Crippen LogP contribution in [0.4, 0.5) is 17.1 Å². The van der Waals surface area contributed by atoms with Gasteiger partial charge in [-0.25, -0.2) is 0 Å². The highest BCUT2D eigenvalue weighted by molar-refractivity contribution is 7.99. The Morgan fingerprint density at radius 2 is 1.78 bits per heavy atom. The predicted octanol–water partition coefficient (Wildman–Crippen LogP) is 7.44. The van der Waals surface area contributed by atoms with Crippen molar-refractivity contribution in [2.45, 2.75) is 36.5 Å².